The van der Waals surface area contributed by atoms with Crippen LogP contribution in [0.5, 0.6) is 0 Å². The molecule has 12 heteroatoms. The Morgan fingerprint density at radius 3 is 2.36 bits per heavy atom. The maximum atomic E-state index is 15.1. The summed E-state index contributed by atoms with van der Waals surface area (Å²) in [5, 5.41) is 13.6. The summed E-state index contributed by atoms with van der Waals surface area (Å²) in [6, 6.07) is 5.04. The number of hydrogen-bond acceptors (Lipinski definition) is 8. The molecule has 0 spiro atoms. The summed E-state index contributed by atoms with van der Waals surface area (Å²) >= 11 is 0. The van der Waals surface area contributed by atoms with Gasteiger partial charge < -0.3 is 39.5 Å². The zero-order valence-electron chi connectivity index (χ0n) is 30.9. The third kappa shape index (κ3) is 11.2. The maximum absolute atomic E-state index is 15.1. The number of cyclic esters (lactones) is 1. The minimum Gasteiger partial charge on any atom is -0.457 e. The maximum Gasteiger partial charge on any atom is 0.410 e. The second kappa shape index (κ2) is 18.0. The highest BCUT2D eigenvalue weighted by molar-refractivity contribution is 5.74. The van der Waals surface area contributed by atoms with Crippen molar-refractivity contribution in [2.45, 2.75) is 97.1 Å². The summed E-state index contributed by atoms with van der Waals surface area (Å²) in [6.07, 6.45) is 5.49. The van der Waals surface area contributed by atoms with Crippen molar-refractivity contribution >= 4 is 29.9 Å². The number of ether oxygens (including phenoxy) is 2. The molecule has 0 bridgehead atoms. The summed E-state index contributed by atoms with van der Waals surface area (Å²) in [4.78, 5) is 46.4. The fourth-order valence-corrected chi connectivity index (χ4v) is 6.86. The fraction of sp³-hybridized carbons (Fsp3) is 0.658. The second-order valence-electron chi connectivity index (χ2n) is 14.8. The summed E-state index contributed by atoms with van der Waals surface area (Å²) < 4.78 is 27.1. The molecule has 2 saturated heterocycles. The Hall–Kier alpha value is -3.64. The van der Waals surface area contributed by atoms with Gasteiger partial charge in [-0.05, 0) is 94.8 Å². The van der Waals surface area contributed by atoms with E-state index in [2.05, 4.69) is 15.1 Å². The summed E-state index contributed by atoms with van der Waals surface area (Å²) in [5.41, 5.74) is 2.06. The van der Waals surface area contributed by atoms with Crippen molar-refractivity contribution < 1.29 is 33.4 Å². The van der Waals surface area contributed by atoms with E-state index in [4.69, 9.17) is 9.47 Å². The van der Waals surface area contributed by atoms with Crippen LogP contribution in [-0.2, 0) is 14.3 Å². The minimum absolute atomic E-state index is 0.0579. The molecule has 2 N–H and O–H groups in total. The molecular weight excluding hydrogens is 641 g/mol. The predicted octanol–water partition coefficient (Wildman–Crippen LogP) is 5.29. The highest BCUT2D eigenvalue weighted by Crippen LogP contribution is 2.29. The number of halogens is 1. The van der Waals surface area contributed by atoms with E-state index in [0.717, 1.165) is 31.6 Å². The molecule has 3 aliphatic rings. The van der Waals surface area contributed by atoms with Crippen LogP contribution < -0.4 is 10.2 Å². The number of benzene rings is 1. The molecule has 11 nitrogen and oxygen atoms in total. The van der Waals surface area contributed by atoms with Crippen molar-refractivity contribution in [2.75, 3.05) is 58.3 Å². The van der Waals surface area contributed by atoms with Gasteiger partial charge in [-0.25, -0.2) is 14.0 Å². The van der Waals surface area contributed by atoms with Crippen LogP contribution in [0.25, 0.3) is 6.08 Å². The van der Waals surface area contributed by atoms with Crippen LogP contribution in [0, 0.1) is 17.7 Å². The predicted molar refractivity (Wildman–Crippen MR) is 193 cm³/mol. The lowest BCUT2D eigenvalue weighted by Crippen LogP contribution is -2.50. The molecule has 3 amide bonds. The lowest BCUT2D eigenvalue weighted by Gasteiger charge is -2.38. The molecule has 4 rings (SSSR count). The Kier molecular flexibility index (Phi) is 14.1. The second-order valence-corrected chi connectivity index (χ2v) is 14.8. The number of carbonyl (C=O) groups excluding carboxylic acids is 3. The van der Waals surface area contributed by atoms with Gasteiger partial charge in [0.05, 0.1) is 12.5 Å². The number of rotatable bonds is 6. The Labute approximate surface area is 297 Å². The fourth-order valence-electron chi connectivity index (χ4n) is 6.86. The van der Waals surface area contributed by atoms with Gasteiger partial charge in [0, 0.05) is 70.0 Å². The number of anilines is 1. The SMILES string of the molecule is C/C(=C\c1cc(F)cc(N(C)C2CCN(C(=O)NC(C)C)CC2)c1)[C@H]1OC(=O)C[C@H](O)CC[C@H](C)[C@@H](OC(=O)N2CCN(C)CC2)/C=C/[C@@H]1C. The largest absolute Gasteiger partial charge is 0.457 e. The molecule has 3 heterocycles. The number of esters is 1. The van der Waals surface area contributed by atoms with Crippen molar-refractivity contribution in [2.24, 2.45) is 11.8 Å². The van der Waals surface area contributed by atoms with Crippen LogP contribution in [0.1, 0.15) is 72.3 Å². The number of urea groups is 1. The summed E-state index contributed by atoms with van der Waals surface area (Å²) in [6.45, 7) is 13.7. The normalized spacial score (nSPS) is 27.2. The Bertz CT molecular complexity index is 1370. The number of piperazine rings is 1. The number of hydrogen-bond donors (Lipinski definition) is 2. The monoisotopic (exact) mass is 699 g/mol. The number of carbonyl (C=O) groups is 3. The molecule has 1 aromatic carbocycles. The number of nitrogens with zero attached hydrogens (tertiary/aromatic N) is 4. The Morgan fingerprint density at radius 1 is 1.02 bits per heavy atom. The van der Waals surface area contributed by atoms with E-state index < -0.39 is 24.3 Å². The van der Waals surface area contributed by atoms with Gasteiger partial charge >= 0.3 is 18.1 Å². The van der Waals surface area contributed by atoms with E-state index >= 15 is 4.39 Å². The molecule has 2 fully saturated rings. The van der Waals surface area contributed by atoms with Crippen LogP contribution in [0.2, 0.25) is 0 Å². The number of likely N-dealkylation sites (tertiary alicyclic amines) is 1. The Morgan fingerprint density at radius 2 is 1.70 bits per heavy atom. The van der Waals surface area contributed by atoms with Gasteiger partial charge in [0.2, 0.25) is 0 Å². The van der Waals surface area contributed by atoms with Crippen LogP contribution >= 0.6 is 0 Å². The first-order valence-corrected chi connectivity index (χ1v) is 18.2. The van der Waals surface area contributed by atoms with Crippen LogP contribution in [0.3, 0.4) is 0 Å². The van der Waals surface area contributed by atoms with E-state index in [1.807, 2.05) is 77.9 Å². The minimum atomic E-state index is -0.889. The molecule has 278 valence electrons. The number of likely N-dealkylation sites (N-methyl/N-ethyl adjacent to an activating group) is 1. The van der Waals surface area contributed by atoms with Crippen molar-refractivity contribution in [3.05, 3.63) is 47.3 Å². The third-order valence-electron chi connectivity index (χ3n) is 10.1. The van der Waals surface area contributed by atoms with Crippen molar-refractivity contribution in [1.82, 2.24) is 20.0 Å². The van der Waals surface area contributed by atoms with Gasteiger partial charge in [-0.15, -0.1) is 0 Å². The number of aliphatic hydroxyl groups is 1. The summed E-state index contributed by atoms with van der Waals surface area (Å²) in [7, 11) is 3.98. The molecular formula is C38H58FN5O6. The van der Waals surface area contributed by atoms with Gasteiger partial charge in [0.25, 0.3) is 0 Å². The van der Waals surface area contributed by atoms with E-state index in [-0.39, 0.29) is 48.3 Å². The van der Waals surface area contributed by atoms with Crippen molar-refractivity contribution in [3.63, 3.8) is 0 Å². The molecule has 5 atom stereocenters. The first-order valence-electron chi connectivity index (χ1n) is 18.2. The summed E-state index contributed by atoms with van der Waals surface area (Å²) in [5.74, 6) is -1.28. The smallest absolute Gasteiger partial charge is 0.410 e. The van der Waals surface area contributed by atoms with Gasteiger partial charge in [0.15, 0.2) is 0 Å². The highest BCUT2D eigenvalue weighted by Gasteiger charge is 2.30. The average molecular weight is 700 g/mol. The standard InChI is InChI=1S/C38H58FN5O6/c1-25(2)40-37(47)43-14-12-31(13-15-43)42(7)32-22-29(21-30(39)23-32)20-28(5)36-27(4)9-11-34(26(3)8-10-33(45)24-35(46)50-36)49-38(48)44-18-16-41(6)17-19-44/h9,11,20-23,25-27,31,33-34,36,45H,8,10,12-19,24H2,1-7H3,(H,40,47)/b11-9+,28-20+/t26-,27-,33+,34-,36-/m0/s1. The van der Waals surface area contributed by atoms with Crippen LogP contribution in [-0.4, -0.2) is 122 Å². The Balaban J connectivity index is 1.51. The lowest BCUT2D eigenvalue weighted by atomic mass is 9.91. The van der Waals surface area contributed by atoms with Crippen LogP contribution in [0.4, 0.5) is 19.7 Å². The van der Waals surface area contributed by atoms with Crippen molar-refractivity contribution in [3.8, 4) is 0 Å². The zero-order chi connectivity index (χ0) is 36.5. The van der Waals surface area contributed by atoms with E-state index in [0.29, 0.717) is 50.2 Å². The molecule has 0 radical (unpaired) electrons. The van der Waals surface area contributed by atoms with Gasteiger partial charge in [-0.1, -0.05) is 26.0 Å². The topological polar surface area (TPSA) is 115 Å². The van der Waals surface area contributed by atoms with Gasteiger partial charge in [-0.2, -0.15) is 0 Å². The number of aliphatic hydroxyl groups excluding tert-OH is 1. The number of piperidine rings is 1. The average Bonchev–Trinajstić information content (AvgIpc) is 3.06. The number of nitrogens with one attached hydrogen (secondary N) is 1. The van der Waals surface area contributed by atoms with Crippen molar-refractivity contribution in [1.29, 1.82) is 0 Å². The van der Waals surface area contributed by atoms with E-state index in [9.17, 15) is 19.5 Å². The molecule has 0 unspecified atom stereocenters. The molecule has 3 aliphatic heterocycles. The number of amides is 3. The van der Waals surface area contributed by atoms with Crippen LogP contribution in [0.15, 0.2) is 35.9 Å². The first kappa shape index (κ1) is 39.2. The molecule has 50 heavy (non-hydrogen) atoms. The highest BCUT2D eigenvalue weighted by atomic mass is 19.1. The molecule has 0 aromatic heterocycles. The molecule has 1 aromatic rings. The quantitative estimate of drug-likeness (QED) is 0.305. The third-order valence-corrected chi connectivity index (χ3v) is 10.1. The van der Waals surface area contributed by atoms with Gasteiger partial charge in [-0.3, -0.25) is 4.79 Å². The first-order chi connectivity index (χ1) is 23.7. The molecule has 0 saturated carbocycles. The molecule has 0 aliphatic carbocycles. The van der Waals surface area contributed by atoms with E-state index in [1.54, 1.807) is 4.90 Å². The van der Waals surface area contributed by atoms with Gasteiger partial charge in [0.1, 0.15) is 18.0 Å². The zero-order valence-corrected chi connectivity index (χ0v) is 30.9. The van der Waals surface area contributed by atoms with E-state index in [1.165, 1.54) is 12.1 Å². The lowest BCUT2D eigenvalue weighted by molar-refractivity contribution is -0.151.